The summed E-state index contributed by atoms with van der Waals surface area (Å²) in [6.07, 6.45) is 0.615. The first kappa shape index (κ1) is 28.7. The number of rotatable bonds is 10. The number of aromatic nitrogens is 2. The summed E-state index contributed by atoms with van der Waals surface area (Å²) in [6, 6.07) is 12.3. The first-order chi connectivity index (χ1) is 17.9. The second-order valence-electron chi connectivity index (χ2n) is 10.4. The van der Waals surface area contributed by atoms with Crippen LogP contribution in [-0.2, 0) is 9.53 Å². The van der Waals surface area contributed by atoms with Gasteiger partial charge in [-0.15, -0.1) is 0 Å². The number of halogens is 1. The van der Waals surface area contributed by atoms with Crippen molar-refractivity contribution < 1.29 is 28.2 Å². The highest BCUT2D eigenvalue weighted by atomic mass is 19.1. The number of carbonyl (C=O) groups excluding carboxylic acids is 2. The number of ether oxygens (including phenoxy) is 3. The van der Waals surface area contributed by atoms with E-state index >= 15 is 0 Å². The Morgan fingerprint density at radius 3 is 2.16 bits per heavy atom. The minimum atomic E-state index is -0.625. The van der Waals surface area contributed by atoms with Gasteiger partial charge in [0.1, 0.15) is 22.9 Å². The molecular weight excluding hydrogens is 489 g/mol. The molecule has 3 aromatic rings. The van der Waals surface area contributed by atoms with E-state index in [1.54, 1.807) is 61.9 Å². The average Bonchev–Trinajstić information content (AvgIpc) is 3.27. The van der Waals surface area contributed by atoms with E-state index < -0.39 is 23.4 Å². The van der Waals surface area contributed by atoms with Crippen molar-refractivity contribution in [3.63, 3.8) is 0 Å². The molecule has 9 heteroatoms. The highest BCUT2D eigenvalue weighted by molar-refractivity contribution is 5.94. The molecule has 1 aromatic heterocycles. The maximum atomic E-state index is 13.7. The molecule has 0 radical (unpaired) electrons. The van der Waals surface area contributed by atoms with E-state index in [1.807, 2.05) is 13.8 Å². The number of benzene rings is 2. The first-order valence-corrected chi connectivity index (χ1v) is 12.5. The summed E-state index contributed by atoms with van der Waals surface area (Å²) in [5, 5.41) is 7.52. The Bertz CT molecular complexity index is 1240. The van der Waals surface area contributed by atoms with Crippen LogP contribution in [0.4, 0.5) is 4.39 Å². The van der Waals surface area contributed by atoms with Crippen LogP contribution < -0.4 is 14.8 Å². The highest BCUT2D eigenvalue weighted by Crippen LogP contribution is 2.39. The van der Waals surface area contributed by atoms with Gasteiger partial charge in [-0.25, -0.2) is 9.07 Å². The Morgan fingerprint density at radius 2 is 1.63 bits per heavy atom. The predicted octanol–water partition coefficient (Wildman–Crippen LogP) is 5.57. The number of hydrogen-bond acceptors (Lipinski definition) is 6. The average molecular weight is 526 g/mol. The summed E-state index contributed by atoms with van der Waals surface area (Å²) in [5.41, 5.74) is 1.14. The minimum Gasteiger partial charge on any atom is -0.496 e. The molecule has 0 aliphatic rings. The monoisotopic (exact) mass is 525 g/mol. The van der Waals surface area contributed by atoms with E-state index in [9.17, 15) is 14.0 Å². The zero-order valence-electron chi connectivity index (χ0n) is 23.0. The molecule has 2 aromatic carbocycles. The van der Waals surface area contributed by atoms with E-state index in [1.165, 1.54) is 26.4 Å². The molecule has 0 aliphatic carbocycles. The molecule has 1 amide bonds. The summed E-state index contributed by atoms with van der Waals surface area (Å²) < 4.78 is 31.9. The van der Waals surface area contributed by atoms with Crippen LogP contribution >= 0.6 is 0 Å². The molecule has 0 saturated heterocycles. The normalized spacial score (nSPS) is 12.2. The van der Waals surface area contributed by atoms with E-state index in [2.05, 4.69) is 10.4 Å². The van der Waals surface area contributed by atoms with Gasteiger partial charge in [0.05, 0.1) is 37.6 Å². The smallest absolute Gasteiger partial charge is 0.308 e. The van der Waals surface area contributed by atoms with Gasteiger partial charge in [-0.2, -0.15) is 5.10 Å². The zero-order chi connectivity index (χ0) is 28.0. The second kappa shape index (κ2) is 12.1. The van der Waals surface area contributed by atoms with Gasteiger partial charge < -0.3 is 19.5 Å². The van der Waals surface area contributed by atoms with Crippen LogP contribution in [0.15, 0.2) is 48.5 Å². The molecule has 0 saturated carbocycles. The SMILES string of the molecule is COc1cccc(OC)c1-c1cc(C(=O)NC(CC(=O)OC(C)(C)C)CC(C)C)nn1-c1ccc(F)cc1. The molecule has 1 heterocycles. The standard InChI is InChI=1S/C29H36FN3O5/c1-18(2)15-20(16-26(34)38-29(3,4)5)31-28(35)22-17-23(27-24(36-6)9-8-10-25(27)37-7)33(32-22)21-13-11-19(30)12-14-21/h8-14,17-18,20H,15-16H2,1-7H3,(H,31,35). The van der Waals surface area contributed by atoms with E-state index in [4.69, 9.17) is 14.2 Å². The van der Waals surface area contributed by atoms with Gasteiger partial charge in [0, 0.05) is 6.04 Å². The molecule has 1 unspecified atom stereocenters. The third kappa shape index (κ3) is 7.34. The maximum absolute atomic E-state index is 13.7. The molecule has 8 nitrogen and oxygen atoms in total. The lowest BCUT2D eigenvalue weighted by molar-refractivity contribution is -0.155. The number of nitrogens with zero attached hydrogens (tertiary/aromatic N) is 2. The molecule has 38 heavy (non-hydrogen) atoms. The van der Waals surface area contributed by atoms with Crippen LogP contribution in [0.25, 0.3) is 16.9 Å². The molecule has 0 bridgehead atoms. The lowest BCUT2D eigenvalue weighted by atomic mass is 10.0. The fraction of sp³-hybridized carbons (Fsp3) is 0.414. The van der Waals surface area contributed by atoms with Crippen LogP contribution in [0.5, 0.6) is 11.5 Å². The van der Waals surface area contributed by atoms with Gasteiger partial charge in [0.2, 0.25) is 0 Å². The van der Waals surface area contributed by atoms with Crippen molar-refractivity contribution in [1.82, 2.24) is 15.1 Å². The lowest BCUT2D eigenvalue weighted by Crippen LogP contribution is -2.39. The van der Waals surface area contributed by atoms with Crippen molar-refractivity contribution in [2.45, 2.75) is 59.1 Å². The van der Waals surface area contributed by atoms with Crippen molar-refractivity contribution in [3.8, 4) is 28.4 Å². The Kier molecular flexibility index (Phi) is 9.14. The molecule has 1 atom stereocenters. The molecule has 0 aliphatic heterocycles. The number of esters is 1. The number of amides is 1. The number of methoxy groups -OCH3 is 2. The second-order valence-corrected chi connectivity index (χ2v) is 10.4. The molecule has 1 N–H and O–H groups in total. The van der Waals surface area contributed by atoms with Gasteiger partial charge in [0.15, 0.2) is 5.69 Å². The Morgan fingerprint density at radius 1 is 1.03 bits per heavy atom. The van der Waals surface area contributed by atoms with Crippen molar-refractivity contribution in [2.24, 2.45) is 5.92 Å². The molecular formula is C29H36FN3O5. The summed E-state index contributed by atoms with van der Waals surface area (Å²) >= 11 is 0. The lowest BCUT2D eigenvalue weighted by Gasteiger charge is -2.23. The topological polar surface area (TPSA) is 91.7 Å². The van der Waals surface area contributed by atoms with E-state index in [0.717, 1.165) is 0 Å². The van der Waals surface area contributed by atoms with Crippen molar-refractivity contribution >= 4 is 11.9 Å². The summed E-state index contributed by atoms with van der Waals surface area (Å²) in [5.74, 6) is 0.0289. The Balaban J connectivity index is 2.03. The first-order valence-electron chi connectivity index (χ1n) is 12.5. The maximum Gasteiger partial charge on any atom is 0.308 e. The fourth-order valence-electron chi connectivity index (χ4n) is 4.16. The largest absolute Gasteiger partial charge is 0.496 e. The van der Waals surface area contributed by atoms with Crippen molar-refractivity contribution in [1.29, 1.82) is 0 Å². The number of nitrogens with one attached hydrogen (secondary N) is 1. The predicted molar refractivity (Wildman–Crippen MR) is 143 cm³/mol. The quantitative estimate of drug-likeness (QED) is 0.348. The molecule has 3 rings (SSSR count). The van der Waals surface area contributed by atoms with Crippen LogP contribution in [0.2, 0.25) is 0 Å². The summed E-state index contributed by atoms with van der Waals surface area (Å²) in [4.78, 5) is 25.9. The van der Waals surface area contributed by atoms with Crippen molar-refractivity contribution in [2.75, 3.05) is 14.2 Å². The van der Waals surface area contributed by atoms with E-state index in [-0.39, 0.29) is 24.0 Å². The molecule has 204 valence electrons. The Labute approximate surface area is 223 Å². The van der Waals surface area contributed by atoms with Crippen LogP contribution in [-0.4, -0.2) is 47.5 Å². The van der Waals surface area contributed by atoms with Gasteiger partial charge >= 0.3 is 5.97 Å². The Hall–Kier alpha value is -3.88. The summed E-state index contributed by atoms with van der Waals surface area (Å²) in [7, 11) is 3.08. The van der Waals surface area contributed by atoms with Gasteiger partial charge in [-0.3, -0.25) is 9.59 Å². The van der Waals surface area contributed by atoms with Gasteiger partial charge in [-0.1, -0.05) is 19.9 Å². The van der Waals surface area contributed by atoms with E-state index in [0.29, 0.717) is 34.9 Å². The summed E-state index contributed by atoms with van der Waals surface area (Å²) in [6.45, 7) is 9.44. The van der Waals surface area contributed by atoms with Gasteiger partial charge in [-0.05, 0) is 75.6 Å². The fourth-order valence-corrected chi connectivity index (χ4v) is 4.16. The zero-order valence-corrected chi connectivity index (χ0v) is 23.0. The van der Waals surface area contributed by atoms with Crippen LogP contribution in [0.1, 0.15) is 57.9 Å². The highest BCUT2D eigenvalue weighted by Gasteiger charge is 2.26. The third-order valence-electron chi connectivity index (χ3n) is 5.62. The molecule has 0 fully saturated rings. The number of carbonyl (C=O) groups is 2. The molecule has 0 spiro atoms. The van der Waals surface area contributed by atoms with Crippen LogP contribution in [0.3, 0.4) is 0 Å². The van der Waals surface area contributed by atoms with Gasteiger partial charge in [0.25, 0.3) is 5.91 Å². The minimum absolute atomic E-state index is 0.0348. The third-order valence-corrected chi connectivity index (χ3v) is 5.62. The van der Waals surface area contributed by atoms with Crippen LogP contribution in [0, 0.1) is 11.7 Å². The number of hydrogen-bond donors (Lipinski definition) is 1. The van der Waals surface area contributed by atoms with Crippen molar-refractivity contribution in [3.05, 3.63) is 60.0 Å².